The summed E-state index contributed by atoms with van der Waals surface area (Å²) in [6, 6.07) is 16.8. The second kappa shape index (κ2) is 6.13. The Kier molecular flexibility index (Phi) is 4.18. The Balaban J connectivity index is 2.32. The average Bonchev–Trinajstić information content (AvgIpc) is 2.54. The fourth-order valence-corrected chi connectivity index (χ4v) is 7.68. The zero-order valence-electron chi connectivity index (χ0n) is 13.4. The molecule has 0 amide bonds. The van der Waals surface area contributed by atoms with Gasteiger partial charge in [-0.1, -0.05) is 0 Å². The van der Waals surface area contributed by atoms with Gasteiger partial charge in [-0.25, -0.2) is 0 Å². The van der Waals surface area contributed by atoms with Crippen molar-refractivity contribution in [2.45, 2.75) is 20.8 Å². The zero-order valence-corrected chi connectivity index (χ0v) is 15.3. The minimum absolute atomic E-state index is 0.583. The molecule has 4 nitrogen and oxygen atoms in total. The van der Waals surface area contributed by atoms with Crippen LogP contribution in [0.15, 0.2) is 54.6 Å². The first-order chi connectivity index (χ1) is 11.0. The van der Waals surface area contributed by atoms with E-state index >= 15 is 0 Å². The van der Waals surface area contributed by atoms with E-state index < -0.39 is 13.5 Å². The first-order valence-corrected chi connectivity index (χ1v) is 11.0. The van der Waals surface area contributed by atoms with Crippen LogP contribution in [0.3, 0.4) is 0 Å². The Hall–Kier alpha value is -2.19. The second-order valence-electron chi connectivity index (χ2n) is 5.52. The van der Waals surface area contributed by atoms with Gasteiger partial charge in [-0.05, 0) is 0 Å². The molecular weight excluding hydrogens is 349 g/mol. The molecule has 0 unspecified atom stereocenters. The van der Waals surface area contributed by atoms with Gasteiger partial charge in [0.1, 0.15) is 0 Å². The van der Waals surface area contributed by atoms with Gasteiger partial charge in [0.25, 0.3) is 0 Å². The van der Waals surface area contributed by atoms with E-state index in [0.29, 0.717) is 13.4 Å². The topological polar surface area (TPSA) is 55.7 Å². The third kappa shape index (κ3) is 2.99. The van der Waals surface area contributed by atoms with Crippen molar-refractivity contribution in [3.63, 3.8) is 0 Å². The van der Waals surface area contributed by atoms with Crippen LogP contribution in [0, 0.1) is 20.8 Å². The summed E-state index contributed by atoms with van der Waals surface area (Å²) in [7, 11) is 0. The molecular formula is C18H18AsN3O. The number of aryl methyl sites for hydroxylation is 3. The molecule has 23 heavy (non-hydrogen) atoms. The summed E-state index contributed by atoms with van der Waals surface area (Å²) in [5.74, 6) is 0. The standard InChI is InChI=1S/C18H18AsN3O/c1-13-7-4-10-16(20-13)19(23,17-11-5-8-14(2)21-17)18-12-6-9-15(3)22-18/h4-12H,1-3H3. The molecule has 0 N–H and O–H groups in total. The van der Waals surface area contributed by atoms with Gasteiger partial charge >= 0.3 is 138 Å². The Morgan fingerprint density at radius 3 is 1.17 bits per heavy atom. The number of hydrogen-bond donors (Lipinski definition) is 0. The average molecular weight is 367 g/mol. The Bertz CT molecular complexity index is 790. The van der Waals surface area contributed by atoms with Crippen molar-refractivity contribution in [2.24, 2.45) is 0 Å². The van der Waals surface area contributed by atoms with Crippen molar-refractivity contribution in [3.8, 4) is 0 Å². The molecule has 116 valence electrons. The predicted molar refractivity (Wildman–Crippen MR) is 92.3 cm³/mol. The Labute approximate surface area is 138 Å². The van der Waals surface area contributed by atoms with Crippen molar-refractivity contribution < 1.29 is 3.74 Å². The summed E-state index contributed by atoms with van der Waals surface area (Å²) in [5, 5.41) is 0. The quantitative estimate of drug-likeness (QED) is 0.653. The van der Waals surface area contributed by atoms with Crippen LogP contribution in [-0.2, 0) is 3.74 Å². The van der Waals surface area contributed by atoms with Crippen LogP contribution >= 0.6 is 0 Å². The maximum atomic E-state index is 14.1. The summed E-state index contributed by atoms with van der Waals surface area (Å²) in [5.41, 5.74) is 2.51. The predicted octanol–water partition coefficient (Wildman–Crippen LogP) is 1.19. The van der Waals surface area contributed by atoms with Crippen molar-refractivity contribution in [3.05, 3.63) is 71.7 Å². The third-order valence-electron chi connectivity index (χ3n) is 3.59. The summed E-state index contributed by atoms with van der Waals surface area (Å²) < 4.78 is 15.9. The molecule has 0 bridgehead atoms. The van der Waals surface area contributed by atoms with Gasteiger partial charge in [0.2, 0.25) is 0 Å². The molecule has 0 fully saturated rings. The van der Waals surface area contributed by atoms with Gasteiger partial charge < -0.3 is 0 Å². The van der Waals surface area contributed by atoms with E-state index in [1.165, 1.54) is 0 Å². The molecule has 3 aromatic heterocycles. The van der Waals surface area contributed by atoms with Crippen LogP contribution in [-0.4, -0.2) is 28.4 Å². The van der Waals surface area contributed by atoms with Crippen molar-refractivity contribution >= 4 is 26.9 Å². The maximum absolute atomic E-state index is 14.1. The Morgan fingerprint density at radius 2 is 0.913 bits per heavy atom. The van der Waals surface area contributed by atoms with E-state index in [1.807, 2.05) is 75.4 Å². The van der Waals surface area contributed by atoms with Gasteiger partial charge in [0.15, 0.2) is 0 Å². The number of hydrogen-bond acceptors (Lipinski definition) is 4. The zero-order chi connectivity index (χ0) is 16.4. The van der Waals surface area contributed by atoms with E-state index in [2.05, 4.69) is 15.0 Å². The summed E-state index contributed by atoms with van der Waals surface area (Å²) in [6.45, 7) is 5.70. The molecule has 0 aliphatic heterocycles. The van der Waals surface area contributed by atoms with Crippen LogP contribution < -0.4 is 13.4 Å². The van der Waals surface area contributed by atoms with Crippen LogP contribution in [0.25, 0.3) is 0 Å². The van der Waals surface area contributed by atoms with Crippen LogP contribution in [0.1, 0.15) is 17.1 Å². The molecule has 5 heteroatoms. The number of pyridine rings is 3. The van der Waals surface area contributed by atoms with Gasteiger partial charge in [0.05, 0.1) is 0 Å². The van der Waals surface area contributed by atoms with Crippen LogP contribution in [0.5, 0.6) is 0 Å². The molecule has 0 aliphatic carbocycles. The van der Waals surface area contributed by atoms with Crippen molar-refractivity contribution in [1.29, 1.82) is 0 Å². The second-order valence-corrected chi connectivity index (χ2v) is 11.0. The monoisotopic (exact) mass is 367 g/mol. The SMILES string of the molecule is Cc1cccc([As](=O)(c2cccc(C)n2)c2cccc(C)n2)n1. The van der Waals surface area contributed by atoms with E-state index in [9.17, 15) is 3.74 Å². The van der Waals surface area contributed by atoms with Gasteiger partial charge in [-0.3, -0.25) is 0 Å². The number of aromatic nitrogens is 3. The molecule has 0 saturated heterocycles. The van der Waals surface area contributed by atoms with Gasteiger partial charge in [0, 0.05) is 0 Å². The molecule has 3 heterocycles. The first-order valence-electron chi connectivity index (χ1n) is 7.43. The number of rotatable bonds is 3. The fourth-order valence-electron chi connectivity index (χ4n) is 2.46. The van der Waals surface area contributed by atoms with Crippen LogP contribution in [0.4, 0.5) is 0 Å². The molecule has 0 spiro atoms. The van der Waals surface area contributed by atoms with E-state index in [4.69, 9.17) is 0 Å². The summed E-state index contributed by atoms with van der Waals surface area (Å²) in [4.78, 5) is 13.6. The van der Waals surface area contributed by atoms with Gasteiger partial charge in [-0.15, -0.1) is 0 Å². The Morgan fingerprint density at radius 1 is 0.609 bits per heavy atom. The molecule has 0 aromatic carbocycles. The van der Waals surface area contributed by atoms with Crippen molar-refractivity contribution in [1.82, 2.24) is 15.0 Å². The van der Waals surface area contributed by atoms with Gasteiger partial charge in [-0.2, -0.15) is 0 Å². The third-order valence-corrected chi connectivity index (χ3v) is 9.22. The summed E-state index contributed by atoms with van der Waals surface area (Å²) >= 11 is -3.99. The normalized spacial score (nSPS) is 11.4. The molecule has 0 aliphatic rings. The first kappa shape index (κ1) is 15.7. The van der Waals surface area contributed by atoms with E-state index in [0.717, 1.165) is 17.1 Å². The summed E-state index contributed by atoms with van der Waals surface area (Å²) in [6.07, 6.45) is 0. The van der Waals surface area contributed by atoms with E-state index in [1.54, 1.807) is 0 Å². The molecule has 0 radical (unpaired) electrons. The fraction of sp³-hybridized carbons (Fsp3) is 0.167. The minimum atomic E-state index is -3.99. The molecule has 3 aromatic rings. The molecule has 0 saturated carbocycles. The van der Waals surface area contributed by atoms with Crippen molar-refractivity contribution in [2.75, 3.05) is 0 Å². The molecule has 3 rings (SSSR count). The molecule has 0 atom stereocenters. The van der Waals surface area contributed by atoms with E-state index in [-0.39, 0.29) is 0 Å². The number of nitrogens with zero attached hydrogens (tertiary/aromatic N) is 3. The van der Waals surface area contributed by atoms with Crippen LogP contribution in [0.2, 0.25) is 0 Å².